The van der Waals surface area contributed by atoms with Crippen molar-refractivity contribution in [2.45, 2.75) is 46.3 Å². The summed E-state index contributed by atoms with van der Waals surface area (Å²) in [5.41, 5.74) is 8.02. The molecule has 0 atom stereocenters. The maximum atomic E-state index is 6.01. The first-order chi connectivity index (χ1) is 8.92. The van der Waals surface area contributed by atoms with Gasteiger partial charge in [-0.2, -0.15) is 0 Å². The number of benzene rings is 1. The summed E-state index contributed by atoms with van der Waals surface area (Å²) in [6, 6.07) is 8.08. The Balaban J connectivity index is 2.51. The maximum Gasteiger partial charge on any atom is 0.0600 e. The van der Waals surface area contributed by atoms with Crippen LogP contribution in [0.25, 0.3) is 0 Å². The first-order valence-electron chi connectivity index (χ1n) is 7.12. The summed E-state index contributed by atoms with van der Waals surface area (Å²) in [4.78, 5) is 2.40. The van der Waals surface area contributed by atoms with E-state index >= 15 is 0 Å². The highest BCUT2D eigenvalue weighted by atomic mass is 16.5. The van der Waals surface area contributed by atoms with E-state index < -0.39 is 0 Å². The molecule has 1 rings (SSSR count). The molecule has 0 saturated heterocycles. The summed E-state index contributed by atoms with van der Waals surface area (Å²) < 4.78 is 5.80. The second kappa shape index (κ2) is 7.51. The lowest BCUT2D eigenvalue weighted by molar-refractivity contribution is -0.0138. The molecule has 0 heterocycles. The molecule has 1 aromatic carbocycles. The van der Waals surface area contributed by atoms with Gasteiger partial charge in [-0.25, -0.2) is 0 Å². The van der Waals surface area contributed by atoms with Crippen molar-refractivity contribution in [3.05, 3.63) is 29.8 Å². The SMILES string of the molecule is CCCN(CCOC(C)(C)C)Cc1ccccc1N. The molecule has 0 aliphatic heterocycles. The van der Waals surface area contributed by atoms with Crippen LogP contribution >= 0.6 is 0 Å². The van der Waals surface area contributed by atoms with Crippen LogP contribution in [0, 0.1) is 0 Å². The molecule has 0 spiro atoms. The normalized spacial score (nSPS) is 12.1. The minimum absolute atomic E-state index is 0.0658. The van der Waals surface area contributed by atoms with Gasteiger partial charge in [0.05, 0.1) is 12.2 Å². The van der Waals surface area contributed by atoms with Crippen LogP contribution in [0.4, 0.5) is 5.69 Å². The number of nitrogens with two attached hydrogens (primary N) is 1. The van der Waals surface area contributed by atoms with Crippen LogP contribution in [0.3, 0.4) is 0 Å². The zero-order chi connectivity index (χ0) is 14.3. The van der Waals surface area contributed by atoms with Gasteiger partial charge in [-0.3, -0.25) is 4.90 Å². The highest BCUT2D eigenvalue weighted by Gasteiger charge is 2.12. The molecule has 3 heteroatoms. The van der Waals surface area contributed by atoms with E-state index in [1.54, 1.807) is 0 Å². The first kappa shape index (κ1) is 16.0. The molecular formula is C16H28N2O. The van der Waals surface area contributed by atoms with E-state index in [2.05, 4.69) is 38.7 Å². The Morgan fingerprint density at radius 1 is 1.16 bits per heavy atom. The number of para-hydroxylation sites is 1. The van der Waals surface area contributed by atoms with Crippen molar-refractivity contribution in [2.24, 2.45) is 0 Å². The Bertz CT molecular complexity index is 371. The van der Waals surface area contributed by atoms with E-state index in [9.17, 15) is 0 Å². The molecule has 0 radical (unpaired) electrons. The van der Waals surface area contributed by atoms with Crippen LogP contribution in [-0.2, 0) is 11.3 Å². The van der Waals surface area contributed by atoms with Gasteiger partial charge in [0, 0.05) is 18.8 Å². The summed E-state index contributed by atoms with van der Waals surface area (Å²) in [5.74, 6) is 0. The predicted octanol–water partition coefficient (Wildman–Crippen LogP) is 3.30. The number of nitrogens with zero attached hydrogens (tertiary/aromatic N) is 1. The molecule has 0 amide bonds. The molecule has 0 fully saturated rings. The third-order valence-corrected chi connectivity index (χ3v) is 2.93. The van der Waals surface area contributed by atoms with Gasteiger partial charge in [0.1, 0.15) is 0 Å². The van der Waals surface area contributed by atoms with E-state index in [0.717, 1.165) is 38.3 Å². The van der Waals surface area contributed by atoms with Crippen molar-refractivity contribution in [1.29, 1.82) is 0 Å². The van der Waals surface area contributed by atoms with Crippen LogP contribution in [-0.4, -0.2) is 30.2 Å². The maximum absolute atomic E-state index is 6.01. The summed E-state index contributed by atoms with van der Waals surface area (Å²) in [7, 11) is 0. The monoisotopic (exact) mass is 264 g/mol. The van der Waals surface area contributed by atoms with Crippen LogP contribution in [0.5, 0.6) is 0 Å². The Hall–Kier alpha value is -1.06. The van der Waals surface area contributed by atoms with Gasteiger partial charge in [0.15, 0.2) is 0 Å². The quantitative estimate of drug-likeness (QED) is 0.768. The Kier molecular flexibility index (Phi) is 6.32. The fourth-order valence-corrected chi connectivity index (χ4v) is 1.99. The Morgan fingerprint density at radius 3 is 2.42 bits per heavy atom. The molecule has 3 nitrogen and oxygen atoms in total. The summed E-state index contributed by atoms with van der Waals surface area (Å²) in [5, 5.41) is 0. The number of ether oxygens (including phenoxy) is 1. The zero-order valence-electron chi connectivity index (χ0n) is 12.8. The largest absolute Gasteiger partial charge is 0.398 e. The second-order valence-electron chi connectivity index (χ2n) is 5.94. The number of hydrogen-bond donors (Lipinski definition) is 1. The average molecular weight is 264 g/mol. The molecule has 0 saturated carbocycles. The van der Waals surface area contributed by atoms with Gasteiger partial charge >= 0.3 is 0 Å². The molecular weight excluding hydrogens is 236 g/mol. The van der Waals surface area contributed by atoms with E-state index in [-0.39, 0.29) is 5.60 Å². The van der Waals surface area contributed by atoms with Gasteiger partial charge < -0.3 is 10.5 Å². The lowest BCUT2D eigenvalue weighted by Crippen LogP contribution is -2.31. The molecule has 0 aliphatic carbocycles. The number of rotatable bonds is 7. The van der Waals surface area contributed by atoms with Crippen LogP contribution < -0.4 is 5.73 Å². The minimum Gasteiger partial charge on any atom is -0.398 e. The van der Waals surface area contributed by atoms with Crippen molar-refractivity contribution >= 4 is 5.69 Å². The first-order valence-corrected chi connectivity index (χ1v) is 7.12. The van der Waals surface area contributed by atoms with Crippen molar-refractivity contribution in [3.63, 3.8) is 0 Å². The Morgan fingerprint density at radius 2 is 1.84 bits per heavy atom. The summed E-state index contributed by atoms with van der Waals surface area (Å²) >= 11 is 0. The number of hydrogen-bond acceptors (Lipinski definition) is 3. The van der Waals surface area contributed by atoms with Crippen molar-refractivity contribution in [1.82, 2.24) is 4.90 Å². The number of anilines is 1. The standard InChI is InChI=1S/C16H28N2O/c1-5-10-18(11-12-19-16(2,3)4)13-14-8-6-7-9-15(14)17/h6-9H,5,10-13,17H2,1-4H3. The van der Waals surface area contributed by atoms with E-state index in [0.29, 0.717) is 0 Å². The van der Waals surface area contributed by atoms with E-state index in [1.165, 1.54) is 5.56 Å². The van der Waals surface area contributed by atoms with Gasteiger partial charge in [-0.15, -0.1) is 0 Å². The highest BCUT2D eigenvalue weighted by molar-refractivity contribution is 5.46. The minimum atomic E-state index is -0.0658. The van der Waals surface area contributed by atoms with Crippen molar-refractivity contribution in [3.8, 4) is 0 Å². The number of nitrogen functional groups attached to an aromatic ring is 1. The second-order valence-corrected chi connectivity index (χ2v) is 5.94. The molecule has 108 valence electrons. The van der Waals surface area contributed by atoms with Crippen LogP contribution in [0.1, 0.15) is 39.7 Å². The average Bonchev–Trinajstić information content (AvgIpc) is 2.30. The molecule has 19 heavy (non-hydrogen) atoms. The van der Waals surface area contributed by atoms with Gasteiger partial charge in [0.25, 0.3) is 0 Å². The summed E-state index contributed by atoms with van der Waals surface area (Å²) in [6.07, 6.45) is 1.14. The van der Waals surface area contributed by atoms with Gasteiger partial charge in [-0.05, 0) is 45.4 Å². The topological polar surface area (TPSA) is 38.5 Å². The Labute approximate surface area is 117 Å². The smallest absolute Gasteiger partial charge is 0.0600 e. The lowest BCUT2D eigenvalue weighted by atomic mass is 10.1. The van der Waals surface area contributed by atoms with Crippen molar-refractivity contribution < 1.29 is 4.74 Å². The molecule has 0 aliphatic rings. The zero-order valence-corrected chi connectivity index (χ0v) is 12.8. The summed E-state index contributed by atoms with van der Waals surface area (Å²) in [6.45, 7) is 12.1. The van der Waals surface area contributed by atoms with Crippen LogP contribution in [0.2, 0.25) is 0 Å². The highest BCUT2D eigenvalue weighted by Crippen LogP contribution is 2.14. The molecule has 0 unspecified atom stereocenters. The molecule has 0 aromatic heterocycles. The lowest BCUT2D eigenvalue weighted by Gasteiger charge is -2.25. The predicted molar refractivity (Wildman–Crippen MR) is 82.1 cm³/mol. The third kappa shape index (κ3) is 6.60. The third-order valence-electron chi connectivity index (χ3n) is 2.93. The fourth-order valence-electron chi connectivity index (χ4n) is 1.99. The molecule has 0 bridgehead atoms. The van der Waals surface area contributed by atoms with E-state index in [4.69, 9.17) is 10.5 Å². The van der Waals surface area contributed by atoms with Crippen LogP contribution in [0.15, 0.2) is 24.3 Å². The molecule has 1 aromatic rings. The van der Waals surface area contributed by atoms with E-state index in [1.807, 2.05) is 18.2 Å². The molecule has 2 N–H and O–H groups in total. The van der Waals surface area contributed by atoms with Crippen molar-refractivity contribution in [2.75, 3.05) is 25.4 Å². The van der Waals surface area contributed by atoms with Gasteiger partial charge in [-0.1, -0.05) is 25.1 Å². The fraction of sp³-hybridized carbons (Fsp3) is 0.625. The van der Waals surface area contributed by atoms with Gasteiger partial charge in [0.2, 0.25) is 0 Å².